The molecule has 0 saturated carbocycles. The second-order valence-corrected chi connectivity index (χ2v) is 7.61. The number of anilines is 1. The van der Waals surface area contributed by atoms with Gasteiger partial charge in [-0.1, -0.05) is 24.3 Å². The molecule has 3 aromatic rings. The van der Waals surface area contributed by atoms with E-state index in [1.54, 1.807) is 13.2 Å². The van der Waals surface area contributed by atoms with E-state index in [2.05, 4.69) is 20.4 Å². The molecule has 0 aliphatic carbocycles. The molecule has 1 N–H and O–H groups in total. The van der Waals surface area contributed by atoms with Crippen LogP contribution in [0.1, 0.15) is 18.4 Å². The van der Waals surface area contributed by atoms with Crippen LogP contribution in [0.3, 0.4) is 0 Å². The second-order valence-electron chi connectivity index (χ2n) is 7.61. The Morgan fingerprint density at radius 2 is 1.87 bits per heavy atom. The number of hydrogen-bond donors (Lipinski definition) is 1. The van der Waals surface area contributed by atoms with E-state index in [0.29, 0.717) is 17.8 Å². The van der Waals surface area contributed by atoms with Gasteiger partial charge in [0.2, 0.25) is 5.91 Å². The minimum Gasteiger partial charge on any atom is -0.497 e. The number of carbonyl (C=O) groups is 1. The molecule has 7 heteroatoms. The highest BCUT2D eigenvalue weighted by Gasteiger charge is 2.25. The lowest BCUT2D eigenvalue weighted by atomic mass is 9.96. The summed E-state index contributed by atoms with van der Waals surface area (Å²) in [6.45, 7) is 2.00. The average molecular weight is 420 g/mol. The Morgan fingerprint density at radius 3 is 2.52 bits per heavy atom. The molecule has 31 heavy (non-hydrogen) atoms. The van der Waals surface area contributed by atoms with Crippen LogP contribution in [-0.2, 0) is 11.3 Å². The minimum absolute atomic E-state index is 0.00553. The lowest BCUT2D eigenvalue weighted by Crippen LogP contribution is -2.40. The smallest absolute Gasteiger partial charge is 0.223 e. The van der Waals surface area contributed by atoms with Crippen LogP contribution in [0.4, 0.5) is 10.2 Å². The Labute approximate surface area is 181 Å². The van der Waals surface area contributed by atoms with Crippen LogP contribution in [0.25, 0.3) is 11.3 Å². The molecule has 6 nitrogen and oxygen atoms in total. The van der Waals surface area contributed by atoms with Crippen molar-refractivity contribution < 1.29 is 13.9 Å². The van der Waals surface area contributed by atoms with E-state index in [4.69, 9.17) is 4.74 Å². The van der Waals surface area contributed by atoms with Gasteiger partial charge < -0.3 is 15.0 Å². The maximum atomic E-state index is 13.4. The third kappa shape index (κ3) is 5.17. The summed E-state index contributed by atoms with van der Waals surface area (Å²) in [6, 6.07) is 17.8. The van der Waals surface area contributed by atoms with E-state index in [1.807, 2.05) is 42.5 Å². The zero-order valence-corrected chi connectivity index (χ0v) is 17.4. The summed E-state index contributed by atoms with van der Waals surface area (Å²) in [7, 11) is 1.63. The number of piperidine rings is 1. The normalized spacial score (nSPS) is 14.3. The molecule has 0 spiro atoms. The Balaban J connectivity index is 1.28. The van der Waals surface area contributed by atoms with E-state index in [9.17, 15) is 9.18 Å². The topological polar surface area (TPSA) is 67.3 Å². The predicted molar refractivity (Wildman–Crippen MR) is 117 cm³/mol. The maximum Gasteiger partial charge on any atom is 0.223 e. The number of hydrogen-bond acceptors (Lipinski definition) is 5. The molecular formula is C24H25FN4O2. The van der Waals surface area contributed by atoms with Crippen molar-refractivity contribution in [2.75, 3.05) is 25.1 Å². The van der Waals surface area contributed by atoms with Crippen LogP contribution in [0, 0.1) is 11.7 Å². The van der Waals surface area contributed by atoms with E-state index < -0.39 is 0 Å². The fourth-order valence-electron chi connectivity index (χ4n) is 3.74. The summed E-state index contributed by atoms with van der Waals surface area (Å²) >= 11 is 0. The van der Waals surface area contributed by atoms with Crippen molar-refractivity contribution in [1.29, 1.82) is 0 Å². The number of halogens is 1. The lowest BCUT2D eigenvalue weighted by Gasteiger charge is -2.31. The van der Waals surface area contributed by atoms with Crippen LogP contribution in [-0.4, -0.2) is 36.3 Å². The van der Waals surface area contributed by atoms with Gasteiger partial charge in [0.15, 0.2) is 5.82 Å². The molecule has 0 unspecified atom stereocenters. The van der Waals surface area contributed by atoms with Gasteiger partial charge in [-0.25, -0.2) is 4.39 Å². The van der Waals surface area contributed by atoms with E-state index >= 15 is 0 Å². The molecule has 0 atom stereocenters. The highest BCUT2D eigenvalue weighted by Crippen LogP contribution is 2.24. The van der Waals surface area contributed by atoms with Crippen LogP contribution in [0.15, 0.2) is 60.7 Å². The Kier molecular flexibility index (Phi) is 6.40. The van der Waals surface area contributed by atoms with Crippen molar-refractivity contribution in [1.82, 2.24) is 15.5 Å². The lowest BCUT2D eigenvalue weighted by molar-refractivity contribution is -0.125. The van der Waals surface area contributed by atoms with Crippen molar-refractivity contribution in [2.24, 2.45) is 5.92 Å². The molecule has 0 radical (unpaired) electrons. The quantitative estimate of drug-likeness (QED) is 0.657. The molecule has 1 saturated heterocycles. The highest BCUT2D eigenvalue weighted by atomic mass is 19.1. The van der Waals surface area contributed by atoms with Crippen LogP contribution < -0.4 is 15.0 Å². The predicted octanol–water partition coefficient (Wildman–Crippen LogP) is 3.82. The molecule has 4 rings (SSSR count). The molecule has 1 aromatic heterocycles. The molecule has 1 aliphatic rings. The molecular weight excluding hydrogens is 395 g/mol. The average Bonchev–Trinajstić information content (AvgIpc) is 2.83. The second kappa shape index (κ2) is 9.55. The monoisotopic (exact) mass is 420 g/mol. The van der Waals surface area contributed by atoms with Gasteiger partial charge in [0.05, 0.1) is 12.8 Å². The highest BCUT2D eigenvalue weighted by molar-refractivity contribution is 5.79. The minimum atomic E-state index is -0.296. The van der Waals surface area contributed by atoms with E-state index in [-0.39, 0.29) is 17.6 Å². The van der Waals surface area contributed by atoms with Gasteiger partial charge in [-0.3, -0.25) is 4.79 Å². The van der Waals surface area contributed by atoms with E-state index in [0.717, 1.165) is 43.1 Å². The molecule has 2 heterocycles. The fraction of sp³-hybridized carbons (Fsp3) is 0.292. The maximum absolute atomic E-state index is 13.4. The summed E-state index contributed by atoms with van der Waals surface area (Å²) in [4.78, 5) is 14.7. The van der Waals surface area contributed by atoms with Crippen LogP contribution >= 0.6 is 0 Å². The summed E-state index contributed by atoms with van der Waals surface area (Å²) in [5, 5.41) is 11.6. The number of rotatable bonds is 6. The van der Waals surface area contributed by atoms with Gasteiger partial charge in [0, 0.05) is 31.1 Å². The third-order valence-electron chi connectivity index (χ3n) is 5.59. The number of amides is 1. The van der Waals surface area contributed by atoms with Gasteiger partial charge in [0.25, 0.3) is 0 Å². The number of benzene rings is 2. The molecule has 1 aliphatic heterocycles. The first-order valence-corrected chi connectivity index (χ1v) is 10.4. The van der Waals surface area contributed by atoms with Crippen molar-refractivity contribution in [2.45, 2.75) is 19.4 Å². The number of carbonyl (C=O) groups excluding carboxylic acids is 1. The first-order valence-electron chi connectivity index (χ1n) is 10.4. The number of methoxy groups -OCH3 is 1. The molecule has 1 amide bonds. The zero-order chi connectivity index (χ0) is 21.6. The molecule has 1 fully saturated rings. The Morgan fingerprint density at radius 1 is 1.10 bits per heavy atom. The SMILES string of the molecule is COc1ccc(CNC(=O)C2CCN(c3ccc(-c4cccc(F)c4)nn3)CC2)cc1. The third-order valence-corrected chi connectivity index (χ3v) is 5.59. The molecule has 160 valence electrons. The van der Waals surface area contributed by atoms with Crippen molar-refractivity contribution in [3.8, 4) is 17.0 Å². The Bertz CT molecular complexity index is 1020. The van der Waals surface area contributed by atoms with Crippen LogP contribution in [0.5, 0.6) is 5.75 Å². The molecule has 0 bridgehead atoms. The summed E-state index contributed by atoms with van der Waals surface area (Å²) < 4.78 is 18.6. The number of aromatic nitrogens is 2. The van der Waals surface area contributed by atoms with Crippen molar-refractivity contribution in [3.05, 3.63) is 72.0 Å². The first-order chi connectivity index (χ1) is 15.1. The van der Waals surface area contributed by atoms with Gasteiger partial charge in [-0.15, -0.1) is 10.2 Å². The van der Waals surface area contributed by atoms with Crippen molar-refractivity contribution >= 4 is 11.7 Å². The summed E-state index contributed by atoms with van der Waals surface area (Å²) in [6.07, 6.45) is 1.53. The van der Waals surface area contributed by atoms with Crippen molar-refractivity contribution in [3.63, 3.8) is 0 Å². The zero-order valence-electron chi connectivity index (χ0n) is 17.4. The molecule has 2 aromatic carbocycles. The number of nitrogens with one attached hydrogen (secondary N) is 1. The largest absolute Gasteiger partial charge is 0.497 e. The standard InChI is InChI=1S/C24H25FN4O2/c1-31-21-7-5-17(6-8-21)16-26-24(30)18-11-13-29(14-12-18)23-10-9-22(27-28-23)19-3-2-4-20(25)15-19/h2-10,15,18H,11-14,16H2,1H3,(H,26,30). The first kappa shape index (κ1) is 20.8. The fourth-order valence-corrected chi connectivity index (χ4v) is 3.74. The number of nitrogens with zero attached hydrogens (tertiary/aromatic N) is 3. The Hall–Kier alpha value is -3.48. The van der Waals surface area contributed by atoms with E-state index in [1.165, 1.54) is 12.1 Å². The summed E-state index contributed by atoms with van der Waals surface area (Å²) in [5.41, 5.74) is 2.38. The van der Waals surface area contributed by atoms with Gasteiger partial charge >= 0.3 is 0 Å². The van der Waals surface area contributed by atoms with Crippen LogP contribution in [0.2, 0.25) is 0 Å². The summed E-state index contributed by atoms with van der Waals surface area (Å²) in [5.74, 6) is 1.36. The van der Waals surface area contributed by atoms with Gasteiger partial charge in [0.1, 0.15) is 11.6 Å². The van der Waals surface area contributed by atoms with Gasteiger partial charge in [-0.2, -0.15) is 0 Å². The van der Waals surface area contributed by atoms with Gasteiger partial charge in [-0.05, 0) is 54.8 Å². The number of ether oxygens (including phenoxy) is 1.